The zero-order valence-electron chi connectivity index (χ0n) is 7.14. The molecule has 0 aromatic rings. The first-order valence-corrected chi connectivity index (χ1v) is 5.52. The van der Waals surface area contributed by atoms with E-state index in [2.05, 4.69) is 0 Å². The topological polar surface area (TPSA) is 106 Å². The Balaban J connectivity index is 2.86. The fraction of sp³-hybridized carbons (Fsp3) is 0.833. The van der Waals surface area contributed by atoms with Crippen LogP contribution in [0.4, 0.5) is 0 Å². The van der Waals surface area contributed by atoms with Crippen molar-refractivity contribution in [1.82, 2.24) is 4.31 Å². The van der Waals surface area contributed by atoms with Crippen LogP contribution >= 0.6 is 0 Å². The molecule has 1 aliphatic heterocycles. The highest BCUT2D eigenvalue weighted by Crippen LogP contribution is 2.18. The van der Waals surface area contributed by atoms with Gasteiger partial charge in [-0.15, -0.1) is 0 Å². The summed E-state index contributed by atoms with van der Waals surface area (Å²) < 4.78 is 23.0. The van der Waals surface area contributed by atoms with Crippen LogP contribution in [0.3, 0.4) is 0 Å². The van der Waals surface area contributed by atoms with Crippen molar-refractivity contribution in [2.24, 2.45) is 10.9 Å². The predicted molar refractivity (Wildman–Crippen MR) is 46.6 cm³/mol. The lowest BCUT2D eigenvalue weighted by molar-refractivity contribution is -0.122. The van der Waals surface area contributed by atoms with E-state index in [0.717, 1.165) is 17.1 Å². The lowest BCUT2D eigenvalue weighted by Crippen LogP contribution is -2.52. The molecule has 6 nitrogen and oxygen atoms in total. The standard InChI is InChI=1S/C6H13N3O3S/c7-6(10)5-3-1-2-4-9(5)13(8,11)12/h5H,1-4H2,(H2,7,10)(H2,8,11,12). The second kappa shape index (κ2) is 3.60. The molecule has 0 saturated carbocycles. The molecule has 0 aromatic carbocycles. The molecule has 4 N–H and O–H groups in total. The van der Waals surface area contributed by atoms with Gasteiger partial charge in [0.15, 0.2) is 0 Å². The minimum atomic E-state index is -3.79. The number of rotatable bonds is 2. The van der Waals surface area contributed by atoms with E-state index in [0.29, 0.717) is 6.42 Å². The van der Waals surface area contributed by atoms with Crippen LogP contribution in [0.5, 0.6) is 0 Å². The largest absolute Gasteiger partial charge is 0.368 e. The number of nitrogens with two attached hydrogens (primary N) is 2. The van der Waals surface area contributed by atoms with Gasteiger partial charge in [0.2, 0.25) is 5.91 Å². The molecule has 7 heteroatoms. The summed E-state index contributed by atoms with van der Waals surface area (Å²) in [6, 6.07) is -0.760. The lowest BCUT2D eigenvalue weighted by atomic mass is 10.0. The van der Waals surface area contributed by atoms with Gasteiger partial charge in [-0.1, -0.05) is 6.42 Å². The third-order valence-corrected chi connectivity index (χ3v) is 3.20. The normalized spacial score (nSPS) is 25.8. The molecule has 13 heavy (non-hydrogen) atoms. The molecule has 1 rings (SSSR count). The smallest absolute Gasteiger partial charge is 0.277 e. The first-order chi connectivity index (χ1) is 5.93. The highest BCUT2D eigenvalue weighted by Gasteiger charge is 2.33. The van der Waals surface area contributed by atoms with Gasteiger partial charge in [-0.25, -0.2) is 5.14 Å². The summed E-state index contributed by atoms with van der Waals surface area (Å²) in [5.41, 5.74) is 5.05. The molecule has 1 unspecified atom stereocenters. The summed E-state index contributed by atoms with van der Waals surface area (Å²) in [5, 5.41) is 4.93. The van der Waals surface area contributed by atoms with Crippen molar-refractivity contribution in [3.8, 4) is 0 Å². The van der Waals surface area contributed by atoms with Crippen LogP contribution in [-0.4, -0.2) is 31.2 Å². The van der Waals surface area contributed by atoms with Crippen molar-refractivity contribution in [3.63, 3.8) is 0 Å². The summed E-state index contributed by atoms with van der Waals surface area (Å²) >= 11 is 0. The Morgan fingerprint density at radius 1 is 1.38 bits per heavy atom. The fourth-order valence-corrected chi connectivity index (χ4v) is 2.44. The Morgan fingerprint density at radius 3 is 2.38 bits per heavy atom. The van der Waals surface area contributed by atoms with Crippen LogP contribution in [0.1, 0.15) is 19.3 Å². The molecule has 1 aliphatic rings. The molecule has 0 aliphatic carbocycles. The summed E-state index contributed by atoms with van der Waals surface area (Å²) in [4.78, 5) is 10.9. The van der Waals surface area contributed by atoms with Crippen molar-refractivity contribution in [2.45, 2.75) is 25.3 Å². The molecule has 1 fully saturated rings. The van der Waals surface area contributed by atoms with Crippen molar-refractivity contribution < 1.29 is 13.2 Å². The zero-order valence-corrected chi connectivity index (χ0v) is 7.96. The Kier molecular flexibility index (Phi) is 2.89. The summed E-state index contributed by atoms with van der Waals surface area (Å²) in [6.07, 6.45) is 1.99. The number of hydrogen-bond donors (Lipinski definition) is 2. The van der Waals surface area contributed by atoms with E-state index in [9.17, 15) is 13.2 Å². The monoisotopic (exact) mass is 207 g/mol. The van der Waals surface area contributed by atoms with E-state index in [1.165, 1.54) is 0 Å². The average molecular weight is 207 g/mol. The number of amides is 1. The molecule has 0 aromatic heterocycles. The Morgan fingerprint density at radius 2 is 2.00 bits per heavy atom. The number of carbonyl (C=O) groups is 1. The van der Waals surface area contributed by atoms with E-state index < -0.39 is 22.2 Å². The van der Waals surface area contributed by atoms with E-state index in [1.54, 1.807) is 0 Å². The van der Waals surface area contributed by atoms with Gasteiger partial charge in [0.25, 0.3) is 10.2 Å². The first kappa shape index (κ1) is 10.4. The van der Waals surface area contributed by atoms with Crippen LogP contribution in [0.25, 0.3) is 0 Å². The minimum Gasteiger partial charge on any atom is -0.368 e. The van der Waals surface area contributed by atoms with Gasteiger partial charge >= 0.3 is 0 Å². The maximum Gasteiger partial charge on any atom is 0.277 e. The Hall–Kier alpha value is -0.660. The quantitative estimate of drug-likeness (QED) is 0.577. The molecule has 1 heterocycles. The molecule has 1 atom stereocenters. The van der Waals surface area contributed by atoms with Crippen LogP contribution in [-0.2, 0) is 15.0 Å². The highest BCUT2D eigenvalue weighted by molar-refractivity contribution is 7.86. The van der Waals surface area contributed by atoms with Crippen molar-refractivity contribution in [1.29, 1.82) is 0 Å². The van der Waals surface area contributed by atoms with E-state index in [1.807, 2.05) is 0 Å². The van der Waals surface area contributed by atoms with E-state index in [-0.39, 0.29) is 6.54 Å². The van der Waals surface area contributed by atoms with Crippen LogP contribution < -0.4 is 10.9 Å². The van der Waals surface area contributed by atoms with Crippen molar-refractivity contribution in [2.75, 3.05) is 6.54 Å². The third kappa shape index (κ3) is 2.39. The number of carbonyl (C=O) groups excluding carboxylic acids is 1. The molecular weight excluding hydrogens is 194 g/mol. The third-order valence-electron chi connectivity index (χ3n) is 2.11. The minimum absolute atomic E-state index is 0.284. The molecule has 0 spiro atoms. The highest BCUT2D eigenvalue weighted by atomic mass is 32.2. The van der Waals surface area contributed by atoms with Gasteiger partial charge in [0.05, 0.1) is 0 Å². The summed E-state index contributed by atoms with van der Waals surface area (Å²) in [7, 11) is -3.79. The molecule has 76 valence electrons. The number of hydrogen-bond acceptors (Lipinski definition) is 3. The molecule has 1 saturated heterocycles. The molecular formula is C6H13N3O3S. The number of piperidine rings is 1. The van der Waals surface area contributed by atoms with Crippen LogP contribution in [0.2, 0.25) is 0 Å². The summed E-state index contributed by atoms with van der Waals surface area (Å²) in [6.45, 7) is 0.284. The van der Waals surface area contributed by atoms with Crippen LogP contribution in [0, 0.1) is 0 Å². The number of primary amides is 1. The SMILES string of the molecule is NC(=O)C1CCCCN1S(N)(=O)=O. The Labute approximate surface area is 77.1 Å². The number of nitrogens with zero attached hydrogens (tertiary/aromatic N) is 1. The van der Waals surface area contributed by atoms with Gasteiger partial charge in [-0.05, 0) is 12.8 Å². The van der Waals surface area contributed by atoms with Gasteiger partial charge in [0, 0.05) is 6.54 Å². The Bertz CT molecular complexity index is 300. The second-order valence-electron chi connectivity index (χ2n) is 3.07. The summed E-state index contributed by atoms with van der Waals surface area (Å²) in [5.74, 6) is -0.631. The maximum atomic E-state index is 11.0. The van der Waals surface area contributed by atoms with Crippen LogP contribution in [0.15, 0.2) is 0 Å². The van der Waals surface area contributed by atoms with E-state index in [4.69, 9.17) is 10.9 Å². The maximum absolute atomic E-state index is 11.0. The molecule has 0 radical (unpaired) electrons. The first-order valence-electron chi connectivity index (χ1n) is 4.02. The van der Waals surface area contributed by atoms with Gasteiger partial charge in [0.1, 0.15) is 6.04 Å². The predicted octanol–water partition coefficient (Wildman–Crippen LogP) is -1.47. The average Bonchev–Trinajstić information content (AvgIpc) is 2.03. The van der Waals surface area contributed by atoms with Gasteiger partial charge in [-0.3, -0.25) is 4.79 Å². The molecule has 1 amide bonds. The second-order valence-corrected chi connectivity index (χ2v) is 4.57. The fourth-order valence-electron chi connectivity index (χ4n) is 1.49. The van der Waals surface area contributed by atoms with Gasteiger partial charge in [-0.2, -0.15) is 12.7 Å². The van der Waals surface area contributed by atoms with E-state index >= 15 is 0 Å². The molecule has 0 bridgehead atoms. The lowest BCUT2D eigenvalue weighted by Gasteiger charge is -2.30. The van der Waals surface area contributed by atoms with Crippen molar-refractivity contribution >= 4 is 16.1 Å². The van der Waals surface area contributed by atoms with Gasteiger partial charge < -0.3 is 5.73 Å². The van der Waals surface area contributed by atoms with Crippen molar-refractivity contribution in [3.05, 3.63) is 0 Å². The zero-order chi connectivity index (χ0) is 10.1.